The SMILES string of the molecule is Cc1ccc(NC(=O)CC(=O)NN=Cc2cc(Br)ccc2OCc2ccc(Cl)cc2Cl)cc1. The van der Waals surface area contributed by atoms with Crippen LogP contribution in [-0.4, -0.2) is 18.0 Å². The smallest absolute Gasteiger partial charge is 0.249 e. The van der Waals surface area contributed by atoms with Crippen molar-refractivity contribution in [3.8, 4) is 5.75 Å². The summed E-state index contributed by atoms with van der Waals surface area (Å²) in [5.41, 5.74) is 5.46. The predicted molar refractivity (Wildman–Crippen MR) is 135 cm³/mol. The zero-order valence-electron chi connectivity index (χ0n) is 17.6. The first-order chi connectivity index (χ1) is 15.8. The Labute approximate surface area is 210 Å². The number of aryl methyl sites for hydroxylation is 1. The number of halogens is 3. The summed E-state index contributed by atoms with van der Waals surface area (Å²) < 4.78 is 6.69. The fraction of sp³-hybridized carbons (Fsp3) is 0.125. The lowest BCUT2D eigenvalue weighted by molar-refractivity contribution is -0.126. The third-order valence-electron chi connectivity index (χ3n) is 4.42. The van der Waals surface area contributed by atoms with Crippen LogP contribution in [0.15, 0.2) is 70.2 Å². The molecule has 2 N–H and O–H groups in total. The summed E-state index contributed by atoms with van der Waals surface area (Å²) in [5, 5.41) is 7.67. The summed E-state index contributed by atoms with van der Waals surface area (Å²) in [4.78, 5) is 24.1. The largest absolute Gasteiger partial charge is 0.488 e. The molecule has 3 rings (SSSR count). The summed E-state index contributed by atoms with van der Waals surface area (Å²) in [7, 11) is 0. The van der Waals surface area contributed by atoms with Crippen molar-refractivity contribution >= 4 is 62.8 Å². The maximum absolute atomic E-state index is 12.1. The van der Waals surface area contributed by atoms with E-state index in [0.717, 1.165) is 15.6 Å². The molecule has 0 aliphatic heterocycles. The zero-order valence-corrected chi connectivity index (χ0v) is 20.7. The molecule has 3 aromatic carbocycles. The van der Waals surface area contributed by atoms with E-state index in [1.165, 1.54) is 6.21 Å². The lowest BCUT2D eigenvalue weighted by Crippen LogP contribution is -2.24. The van der Waals surface area contributed by atoms with Gasteiger partial charge < -0.3 is 10.1 Å². The number of nitrogens with zero attached hydrogens (tertiary/aromatic N) is 1. The van der Waals surface area contributed by atoms with E-state index in [4.69, 9.17) is 27.9 Å². The molecule has 0 spiro atoms. The first-order valence-corrected chi connectivity index (χ1v) is 11.4. The predicted octanol–water partition coefficient (Wildman–Crippen LogP) is 6.12. The van der Waals surface area contributed by atoms with Gasteiger partial charge in [-0.2, -0.15) is 5.10 Å². The minimum Gasteiger partial charge on any atom is -0.488 e. The van der Waals surface area contributed by atoms with Gasteiger partial charge in [0.25, 0.3) is 0 Å². The molecule has 170 valence electrons. The molecule has 9 heteroatoms. The first kappa shape index (κ1) is 24.8. The van der Waals surface area contributed by atoms with E-state index < -0.39 is 11.8 Å². The molecule has 0 aliphatic rings. The Kier molecular flexibility index (Phi) is 8.88. The third-order valence-corrected chi connectivity index (χ3v) is 5.50. The van der Waals surface area contributed by atoms with Gasteiger partial charge in [0.2, 0.25) is 11.8 Å². The highest BCUT2D eigenvalue weighted by molar-refractivity contribution is 9.10. The molecule has 0 atom stereocenters. The van der Waals surface area contributed by atoms with Gasteiger partial charge in [0.05, 0.1) is 6.21 Å². The number of rotatable bonds is 8. The molecule has 6 nitrogen and oxygen atoms in total. The Hall–Kier alpha value is -2.87. The van der Waals surface area contributed by atoms with Crippen LogP contribution >= 0.6 is 39.1 Å². The molecule has 0 bridgehead atoms. The Balaban J connectivity index is 1.57. The van der Waals surface area contributed by atoms with Crippen molar-refractivity contribution in [1.29, 1.82) is 0 Å². The highest BCUT2D eigenvalue weighted by Gasteiger charge is 2.10. The van der Waals surface area contributed by atoms with Gasteiger partial charge in [-0.1, -0.05) is 62.9 Å². The molecular weight excluding hydrogens is 529 g/mol. The highest BCUT2D eigenvalue weighted by Crippen LogP contribution is 2.25. The van der Waals surface area contributed by atoms with Crippen molar-refractivity contribution in [1.82, 2.24) is 5.43 Å². The van der Waals surface area contributed by atoms with Gasteiger partial charge in [0, 0.05) is 31.3 Å². The molecular formula is C24H20BrCl2N3O3. The zero-order chi connectivity index (χ0) is 23.8. The van der Waals surface area contributed by atoms with Crippen molar-refractivity contribution in [3.63, 3.8) is 0 Å². The van der Waals surface area contributed by atoms with Crippen LogP contribution in [0.25, 0.3) is 0 Å². The third kappa shape index (κ3) is 7.89. The number of hydrogen-bond acceptors (Lipinski definition) is 4. The van der Waals surface area contributed by atoms with Crippen LogP contribution in [0.4, 0.5) is 5.69 Å². The number of carbonyl (C=O) groups excluding carboxylic acids is 2. The molecule has 0 aliphatic carbocycles. The Morgan fingerprint density at radius 3 is 2.52 bits per heavy atom. The minimum absolute atomic E-state index is 0.226. The lowest BCUT2D eigenvalue weighted by atomic mass is 10.2. The quantitative estimate of drug-likeness (QED) is 0.202. The van der Waals surface area contributed by atoms with Crippen molar-refractivity contribution in [2.24, 2.45) is 5.10 Å². The van der Waals surface area contributed by atoms with Crippen LogP contribution in [0.2, 0.25) is 10.0 Å². The summed E-state index contributed by atoms with van der Waals surface area (Å²) in [6.45, 7) is 2.18. The molecule has 2 amide bonds. The summed E-state index contributed by atoms with van der Waals surface area (Å²) in [5.74, 6) is -0.432. The van der Waals surface area contributed by atoms with E-state index in [1.54, 1.807) is 42.5 Å². The first-order valence-electron chi connectivity index (χ1n) is 9.85. The van der Waals surface area contributed by atoms with E-state index in [0.29, 0.717) is 27.0 Å². The second-order valence-corrected chi connectivity index (χ2v) is 8.85. The number of hydrazone groups is 1. The minimum atomic E-state index is -0.540. The number of nitrogens with one attached hydrogen (secondary N) is 2. The Morgan fingerprint density at radius 1 is 1.03 bits per heavy atom. The van der Waals surface area contributed by atoms with Crippen LogP contribution in [0.5, 0.6) is 5.75 Å². The summed E-state index contributed by atoms with van der Waals surface area (Å²) in [6, 6.07) is 17.9. The van der Waals surface area contributed by atoms with Crippen LogP contribution in [0.1, 0.15) is 23.1 Å². The molecule has 0 heterocycles. The number of ether oxygens (including phenoxy) is 1. The normalized spacial score (nSPS) is 10.8. The highest BCUT2D eigenvalue weighted by atomic mass is 79.9. The maximum Gasteiger partial charge on any atom is 0.249 e. The Bertz CT molecular complexity index is 1180. The molecule has 33 heavy (non-hydrogen) atoms. The van der Waals surface area contributed by atoms with Gasteiger partial charge in [-0.05, 0) is 49.4 Å². The topological polar surface area (TPSA) is 79.8 Å². The lowest BCUT2D eigenvalue weighted by Gasteiger charge is -2.11. The number of anilines is 1. The van der Waals surface area contributed by atoms with E-state index >= 15 is 0 Å². The Morgan fingerprint density at radius 2 is 1.79 bits per heavy atom. The average molecular weight is 549 g/mol. The molecule has 0 saturated carbocycles. The van der Waals surface area contributed by atoms with Gasteiger partial charge in [0.1, 0.15) is 18.8 Å². The summed E-state index contributed by atoms with van der Waals surface area (Å²) in [6.07, 6.45) is 1.08. The number of carbonyl (C=O) groups is 2. The van der Waals surface area contributed by atoms with E-state index in [9.17, 15) is 9.59 Å². The monoisotopic (exact) mass is 547 g/mol. The van der Waals surface area contributed by atoms with Crippen LogP contribution in [0.3, 0.4) is 0 Å². The molecule has 0 saturated heterocycles. The number of amides is 2. The molecule has 3 aromatic rings. The van der Waals surface area contributed by atoms with Crippen LogP contribution in [0, 0.1) is 6.92 Å². The molecule has 0 radical (unpaired) electrons. The van der Waals surface area contributed by atoms with Crippen molar-refractivity contribution in [2.45, 2.75) is 20.0 Å². The maximum atomic E-state index is 12.1. The van der Waals surface area contributed by atoms with Crippen molar-refractivity contribution < 1.29 is 14.3 Å². The van der Waals surface area contributed by atoms with Gasteiger partial charge in [-0.3, -0.25) is 9.59 Å². The van der Waals surface area contributed by atoms with E-state index in [2.05, 4.69) is 31.8 Å². The van der Waals surface area contributed by atoms with E-state index in [1.807, 2.05) is 25.1 Å². The van der Waals surface area contributed by atoms with Crippen molar-refractivity contribution in [3.05, 3.63) is 91.9 Å². The van der Waals surface area contributed by atoms with Gasteiger partial charge in [0.15, 0.2) is 0 Å². The van der Waals surface area contributed by atoms with Gasteiger partial charge in [-0.15, -0.1) is 0 Å². The molecule has 0 fully saturated rings. The number of benzene rings is 3. The van der Waals surface area contributed by atoms with Crippen LogP contribution < -0.4 is 15.5 Å². The molecule has 0 aromatic heterocycles. The number of hydrogen-bond donors (Lipinski definition) is 2. The molecule has 0 unspecified atom stereocenters. The van der Waals surface area contributed by atoms with Crippen LogP contribution in [-0.2, 0) is 16.2 Å². The fourth-order valence-corrected chi connectivity index (χ4v) is 3.59. The standard InChI is InChI=1S/C24H20BrCl2N3O3/c1-15-2-7-20(8-3-15)29-23(31)12-24(32)30-28-13-17-10-18(25)5-9-22(17)33-14-16-4-6-19(26)11-21(16)27/h2-11,13H,12,14H2,1H3,(H,29,31)(H,30,32). The second kappa shape index (κ2) is 11.8. The second-order valence-electron chi connectivity index (χ2n) is 7.09. The summed E-state index contributed by atoms with van der Waals surface area (Å²) >= 11 is 15.5. The van der Waals surface area contributed by atoms with Gasteiger partial charge in [-0.25, -0.2) is 5.43 Å². The van der Waals surface area contributed by atoms with Crippen molar-refractivity contribution in [2.75, 3.05) is 5.32 Å². The average Bonchev–Trinajstić information content (AvgIpc) is 2.76. The van der Waals surface area contributed by atoms with Gasteiger partial charge >= 0.3 is 0 Å². The van der Waals surface area contributed by atoms with E-state index in [-0.39, 0.29) is 13.0 Å². The fourth-order valence-electron chi connectivity index (χ4n) is 2.75.